The Morgan fingerprint density at radius 2 is 1.85 bits per heavy atom. The minimum Gasteiger partial charge on any atom is -0.465 e. The lowest BCUT2D eigenvalue weighted by molar-refractivity contribution is -0.156. The fourth-order valence-electron chi connectivity index (χ4n) is 2.88. The van der Waals surface area contributed by atoms with Crippen molar-refractivity contribution in [1.29, 1.82) is 0 Å². The van der Waals surface area contributed by atoms with Crippen molar-refractivity contribution >= 4 is 11.9 Å². The van der Waals surface area contributed by atoms with Gasteiger partial charge in [-0.1, -0.05) is 46.5 Å². The van der Waals surface area contributed by atoms with Crippen LogP contribution in [0.1, 0.15) is 59.8 Å². The molecule has 1 amide bonds. The Morgan fingerprint density at radius 1 is 1.25 bits per heavy atom. The molecule has 0 bridgehead atoms. The Labute approximate surface area is 122 Å². The van der Waals surface area contributed by atoms with E-state index in [1.807, 2.05) is 20.8 Å². The summed E-state index contributed by atoms with van der Waals surface area (Å²) in [6, 6.07) is 0. The van der Waals surface area contributed by atoms with Crippen LogP contribution in [-0.4, -0.2) is 25.0 Å². The highest BCUT2D eigenvalue weighted by molar-refractivity contribution is 5.98. The third kappa shape index (κ3) is 5.14. The average molecular weight is 283 g/mol. The van der Waals surface area contributed by atoms with Gasteiger partial charge in [-0.2, -0.15) is 0 Å². The van der Waals surface area contributed by atoms with Crippen molar-refractivity contribution in [2.24, 2.45) is 17.3 Å². The van der Waals surface area contributed by atoms with Crippen molar-refractivity contribution in [2.45, 2.75) is 59.8 Å². The monoisotopic (exact) mass is 283 g/mol. The minimum absolute atomic E-state index is 0.200. The molecule has 1 fully saturated rings. The number of ether oxygens (including phenoxy) is 1. The highest BCUT2D eigenvalue weighted by Crippen LogP contribution is 2.28. The second-order valence-electron chi connectivity index (χ2n) is 6.78. The number of esters is 1. The summed E-state index contributed by atoms with van der Waals surface area (Å²) in [5.41, 5.74) is -0.427. The van der Waals surface area contributed by atoms with Gasteiger partial charge in [0.05, 0.1) is 6.61 Å². The fraction of sp³-hybridized carbons (Fsp3) is 0.875. The van der Waals surface area contributed by atoms with Gasteiger partial charge in [0.15, 0.2) is 0 Å². The molecule has 1 saturated carbocycles. The molecule has 0 aromatic rings. The molecule has 0 aromatic carbocycles. The Morgan fingerprint density at radius 3 is 2.35 bits per heavy atom. The Bertz CT molecular complexity index is 327. The van der Waals surface area contributed by atoms with Crippen molar-refractivity contribution in [2.75, 3.05) is 13.2 Å². The molecule has 4 nitrogen and oxygen atoms in total. The molecule has 116 valence electrons. The second kappa shape index (κ2) is 7.65. The maximum Gasteiger partial charge on any atom is 0.319 e. The van der Waals surface area contributed by atoms with Gasteiger partial charge in [-0.25, -0.2) is 0 Å². The predicted octanol–water partition coefficient (Wildman–Crippen LogP) is 2.91. The zero-order valence-corrected chi connectivity index (χ0v) is 13.3. The summed E-state index contributed by atoms with van der Waals surface area (Å²) >= 11 is 0. The van der Waals surface area contributed by atoms with E-state index in [1.165, 1.54) is 25.7 Å². The summed E-state index contributed by atoms with van der Waals surface area (Å²) in [6.07, 6.45) is 6.19. The molecule has 1 aliphatic carbocycles. The van der Waals surface area contributed by atoms with Gasteiger partial charge in [0.1, 0.15) is 5.92 Å². The maximum absolute atomic E-state index is 12.3. The quantitative estimate of drug-likeness (QED) is 0.602. The van der Waals surface area contributed by atoms with Gasteiger partial charge < -0.3 is 10.1 Å². The number of hydrogen-bond donors (Lipinski definition) is 1. The normalized spacial score (nSPS) is 17.8. The van der Waals surface area contributed by atoms with Crippen LogP contribution in [0.5, 0.6) is 0 Å². The van der Waals surface area contributed by atoms with Gasteiger partial charge >= 0.3 is 5.97 Å². The van der Waals surface area contributed by atoms with E-state index in [9.17, 15) is 9.59 Å². The molecular formula is C16H29NO3. The van der Waals surface area contributed by atoms with Crippen LogP contribution in [0, 0.1) is 17.3 Å². The molecule has 0 aromatic heterocycles. The van der Waals surface area contributed by atoms with E-state index in [0.717, 1.165) is 12.3 Å². The van der Waals surface area contributed by atoms with Gasteiger partial charge in [-0.3, -0.25) is 9.59 Å². The number of carbonyl (C=O) groups excluding carboxylic acids is 2. The molecule has 1 aliphatic rings. The number of carbonyl (C=O) groups is 2. The molecule has 1 atom stereocenters. The van der Waals surface area contributed by atoms with Gasteiger partial charge in [-0.15, -0.1) is 0 Å². The van der Waals surface area contributed by atoms with Crippen molar-refractivity contribution in [3.05, 3.63) is 0 Å². The van der Waals surface area contributed by atoms with E-state index >= 15 is 0 Å². The third-order valence-corrected chi connectivity index (χ3v) is 3.98. The van der Waals surface area contributed by atoms with Crippen LogP contribution in [0.2, 0.25) is 0 Å². The van der Waals surface area contributed by atoms with E-state index in [0.29, 0.717) is 13.2 Å². The molecule has 0 spiro atoms. The summed E-state index contributed by atoms with van der Waals surface area (Å²) in [7, 11) is 0. The molecule has 0 radical (unpaired) electrons. The third-order valence-electron chi connectivity index (χ3n) is 3.98. The largest absolute Gasteiger partial charge is 0.465 e. The smallest absolute Gasteiger partial charge is 0.319 e. The topological polar surface area (TPSA) is 55.4 Å². The van der Waals surface area contributed by atoms with Gasteiger partial charge in [-0.05, 0) is 24.7 Å². The van der Waals surface area contributed by atoms with Crippen molar-refractivity contribution in [3.63, 3.8) is 0 Å². The zero-order valence-electron chi connectivity index (χ0n) is 13.3. The zero-order chi connectivity index (χ0) is 15.2. The first-order chi connectivity index (χ1) is 9.36. The second-order valence-corrected chi connectivity index (χ2v) is 6.78. The minimum atomic E-state index is -0.731. The van der Waals surface area contributed by atoms with E-state index in [1.54, 1.807) is 6.92 Å². The predicted molar refractivity (Wildman–Crippen MR) is 79.2 cm³/mol. The lowest BCUT2D eigenvalue weighted by atomic mass is 9.80. The van der Waals surface area contributed by atoms with Crippen LogP contribution in [0.15, 0.2) is 0 Å². The lowest BCUT2D eigenvalue weighted by Gasteiger charge is -2.27. The fourth-order valence-corrected chi connectivity index (χ4v) is 2.88. The Balaban J connectivity index is 2.48. The Kier molecular flexibility index (Phi) is 6.50. The summed E-state index contributed by atoms with van der Waals surface area (Å²) in [5.74, 6) is -0.607. The van der Waals surface area contributed by atoms with Gasteiger partial charge in [0.25, 0.3) is 0 Å². The number of rotatable bonds is 6. The molecule has 1 N–H and O–H groups in total. The van der Waals surface area contributed by atoms with Crippen molar-refractivity contribution in [1.82, 2.24) is 5.32 Å². The number of amides is 1. The standard InChI is InChI=1S/C16H29NO3/c1-5-20-15(19)13(16(2,3)4)14(18)17-11-10-12-8-6-7-9-12/h12-13H,5-11H2,1-4H3,(H,17,18). The first kappa shape index (κ1) is 17.0. The van der Waals surface area contributed by atoms with Crippen LogP contribution < -0.4 is 5.32 Å². The van der Waals surface area contributed by atoms with Crippen LogP contribution in [0.3, 0.4) is 0 Å². The lowest BCUT2D eigenvalue weighted by Crippen LogP contribution is -2.44. The summed E-state index contributed by atoms with van der Waals surface area (Å²) < 4.78 is 5.03. The highest BCUT2D eigenvalue weighted by Gasteiger charge is 2.38. The molecule has 20 heavy (non-hydrogen) atoms. The molecule has 1 unspecified atom stereocenters. The SMILES string of the molecule is CCOC(=O)C(C(=O)NCCC1CCCC1)C(C)(C)C. The van der Waals surface area contributed by atoms with Crippen LogP contribution in [-0.2, 0) is 14.3 Å². The van der Waals surface area contributed by atoms with Gasteiger partial charge in [0.2, 0.25) is 5.91 Å². The van der Waals surface area contributed by atoms with Gasteiger partial charge in [0, 0.05) is 6.54 Å². The number of hydrogen-bond acceptors (Lipinski definition) is 3. The maximum atomic E-state index is 12.3. The van der Waals surface area contributed by atoms with E-state index < -0.39 is 17.3 Å². The molecule has 4 heteroatoms. The van der Waals surface area contributed by atoms with Crippen LogP contribution in [0.4, 0.5) is 0 Å². The summed E-state index contributed by atoms with van der Waals surface area (Å²) in [5, 5.41) is 2.92. The first-order valence-electron chi connectivity index (χ1n) is 7.80. The highest BCUT2D eigenvalue weighted by atomic mass is 16.5. The summed E-state index contributed by atoms with van der Waals surface area (Å²) in [6.45, 7) is 8.41. The van der Waals surface area contributed by atoms with Crippen molar-refractivity contribution < 1.29 is 14.3 Å². The van der Waals surface area contributed by atoms with Crippen molar-refractivity contribution in [3.8, 4) is 0 Å². The van der Waals surface area contributed by atoms with E-state index in [4.69, 9.17) is 4.74 Å². The van der Waals surface area contributed by atoms with Crippen LogP contribution in [0.25, 0.3) is 0 Å². The van der Waals surface area contributed by atoms with E-state index in [-0.39, 0.29) is 5.91 Å². The van der Waals surface area contributed by atoms with E-state index in [2.05, 4.69) is 5.32 Å². The average Bonchev–Trinajstić information content (AvgIpc) is 2.80. The molecule has 0 aliphatic heterocycles. The molecule has 0 saturated heterocycles. The summed E-state index contributed by atoms with van der Waals surface area (Å²) in [4.78, 5) is 24.2. The molecule has 0 heterocycles. The molecule has 1 rings (SSSR count). The van der Waals surface area contributed by atoms with Crippen LogP contribution >= 0.6 is 0 Å². The first-order valence-corrected chi connectivity index (χ1v) is 7.80. The number of nitrogens with one attached hydrogen (secondary N) is 1. The Hall–Kier alpha value is -1.06. The molecular weight excluding hydrogens is 254 g/mol.